The van der Waals surface area contributed by atoms with Gasteiger partial charge in [-0.1, -0.05) is 0 Å². The zero-order valence-corrected chi connectivity index (χ0v) is 12.8. The Kier molecular flexibility index (Phi) is 9.83. The van der Waals surface area contributed by atoms with Crippen molar-refractivity contribution >= 4 is 5.97 Å². The number of nitrogens with zero attached hydrogens (tertiary/aromatic N) is 1. The van der Waals surface area contributed by atoms with Crippen molar-refractivity contribution in [3.8, 4) is 0 Å². The summed E-state index contributed by atoms with van der Waals surface area (Å²) in [6.45, 7) is 7.76. The third-order valence-electron chi connectivity index (χ3n) is 3.29. The fraction of sp³-hybridized carbons (Fsp3) is 0.929. The van der Waals surface area contributed by atoms with E-state index in [9.17, 15) is 4.79 Å². The van der Waals surface area contributed by atoms with Gasteiger partial charge >= 0.3 is 5.97 Å². The summed E-state index contributed by atoms with van der Waals surface area (Å²) < 4.78 is 10.1. The molecule has 0 spiro atoms. The molecular formula is C14H29NO4. The Labute approximate surface area is 116 Å². The third kappa shape index (κ3) is 8.97. The molecule has 0 aromatic heterocycles. The summed E-state index contributed by atoms with van der Waals surface area (Å²) in [6, 6.07) is 0. The van der Waals surface area contributed by atoms with Gasteiger partial charge in [0.2, 0.25) is 0 Å². The Morgan fingerprint density at radius 3 is 2.16 bits per heavy atom. The van der Waals surface area contributed by atoms with Crippen molar-refractivity contribution in [3.63, 3.8) is 0 Å². The van der Waals surface area contributed by atoms with Crippen molar-refractivity contribution in [2.24, 2.45) is 5.41 Å². The van der Waals surface area contributed by atoms with E-state index in [-0.39, 0.29) is 0 Å². The SMILES string of the molecule is COCCCN(CCCC(C)(C)C(=O)O)CCOC. The van der Waals surface area contributed by atoms with Gasteiger partial charge in [0.1, 0.15) is 0 Å². The summed E-state index contributed by atoms with van der Waals surface area (Å²) in [7, 11) is 3.40. The van der Waals surface area contributed by atoms with Gasteiger partial charge in [0.05, 0.1) is 12.0 Å². The van der Waals surface area contributed by atoms with E-state index in [1.54, 1.807) is 28.1 Å². The molecule has 5 nitrogen and oxygen atoms in total. The number of carboxylic acid groups (broad SMARTS) is 1. The van der Waals surface area contributed by atoms with Crippen LogP contribution in [0, 0.1) is 5.41 Å². The van der Waals surface area contributed by atoms with E-state index in [4.69, 9.17) is 14.6 Å². The lowest BCUT2D eigenvalue weighted by molar-refractivity contribution is -0.147. The molecule has 0 aliphatic heterocycles. The first kappa shape index (κ1) is 18.4. The van der Waals surface area contributed by atoms with E-state index < -0.39 is 11.4 Å². The van der Waals surface area contributed by atoms with Gasteiger partial charge in [0, 0.05) is 33.9 Å². The summed E-state index contributed by atoms with van der Waals surface area (Å²) in [5.41, 5.74) is -0.639. The molecule has 0 rings (SSSR count). The zero-order valence-electron chi connectivity index (χ0n) is 12.8. The number of aliphatic carboxylic acids is 1. The monoisotopic (exact) mass is 275 g/mol. The van der Waals surface area contributed by atoms with Crippen molar-refractivity contribution < 1.29 is 19.4 Å². The van der Waals surface area contributed by atoms with Crippen LogP contribution in [0.5, 0.6) is 0 Å². The second-order valence-corrected chi connectivity index (χ2v) is 5.47. The second-order valence-electron chi connectivity index (χ2n) is 5.47. The number of carboxylic acids is 1. The molecule has 0 fully saturated rings. The average Bonchev–Trinajstić information content (AvgIpc) is 2.35. The van der Waals surface area contributed by atoms with Crippen LogP contribution in [-0.4, -0.2) is 63.0 Å². The molecule has 0 saturated carbocycles. The molecule has 0 radical (unpaired) electrons. The van der Waals surface area contributed by atoms with Crippen LogP contribution in [0.15, 0.2) is 0 Å². The van der Waals surface area contributed by atoms with Gasteiger partial charge in [0.15, 0.2) is 0 Å². The highest BCUT2D eigenvalue weighted by molar-refractivity contribution is 5.73. The smallest absolute Gasteiger partial charge is 0.309 e. The molecule has 114 valence electrons. The van der Waals surface area contributed by atoms with E-state index in [1.165, 1.54) is 0 Å². The molecule has 0 atom stereocenters. The molecule has 0 heterocycles. The van der Waals surface area contributed by atoms with E-state index in [1.807, 2.05) is 0 Å². The fourth-order valence-corrected chi connectivity index (χ4v) is 1.84. The van der Waals surface area contributed by atoms with Gasteiger partial charge in [-0.05, 0) is 39.7 Å². The second kappa shape index (κ2) is 10.2. The highest BCUT2D eigenvalue weighted by atomic mass is 16.5. The Morgan fingerprint density at radius 1 is 1.05 bits per heavy atom. The number of hydrogen-bond acceptors (Lipinski definition) is 4. The van der Waals surface area contributed by atoms with E-state index in [2.05, 4.69) is 4.90 Å². The molecule has 0 amide bonds. The Morgan fingerprint density at radius 2 is 1.63 bits per heavy atom. The average molecular weight is 275 g/mol. The molecule has 1 N–H and O–H groups in total. The molecular weight excluding hydrogens is 246 g/mol. The fourth-order valence-electron chi connectivity index (χ4n) is 1.84. The summed E-state index contributed by atoms with van der Waals surface area (Å²) >= 11 is 0. The molecule has 5 heteroatoms. The van der Waals surface area contributed by atoms with Gasteiger partial charge in [-0.15, -0.1) is 0 Å². The van der Waals surface area contributed by atoms with E-state index in [0.717, 1.165) is 39.1 Å². The first-order valence-electron chi connectivity index (χ1n) is 6.87. The maximum absolute atomic E-state index is 11.0. The number of carbonyl (C=O) groups is 1. The summed E-state index contributed by atoms with van der Waals surface area (Å²) in [5.74, 6) is -0.727. The van der Waals surface area contributed by atoms with Crippen LogP contribution < -0.4 is 0 Å². The van der Waals surface area contributed by atoms with Crippen LogP contribution in [-0.2, 0) is 14.3 Å². The normalized spacial score (nSPS) is 12.1. The van der Waals surface area contributed by atoms with Gasteiger partial charge in [0.25, 0.3) is 0 Å². The van der Waals surface area contributed by atoms with Crippen molar-refractivity contribution in [2.45, 2.75) is 33.1 Å². The predicted octanol–water partition coefficient (Wildman–Crippen LogP) is 1.86. The lowest BCUT2D eigenvalue weighted by Gasteiger charge is -2.24. The lowest BCUT2D eigenvalue weighted by atomic mass is 9.88. The van der Waals surface area contributed by atoms with E-state index in [0.29, 0.717) is 13.0 Å². The minimum absolute atomic E-state index is 0.639. The van der Waals surface area contributed by atoms with Crippen LogP contribution in [0.25, 0.3) is 0 Å². The molecule has 0 aliphatic carbocycles. The van der Waals surface area contributed by atoms with Crippen molar-refractivity contribution in [3.05, 3.63) is 0 Å². The minimum Gasteiger partial charge on any atom is -0.481 e. The number of methoxy groups -OCH3 is 2. The number of ether oxygens (including phenoxy) is 2. The third-order valence-corrected chi connectivity index (χ3v) is 3.29. The highest BCUT2D eigenvalue weighted by Crippen LogP contribution is 2.22. The zero-order chi connectivity index (χ0) is 14.7. The standard InChI is InChI=1S/C14H29NO4/c1-14(2,13(16)17)7-5-8-15(10-12-19-4)9-6-11-18-3/h5-12H2,1-4H3,(H,16,17). The predicted molar refractivity (Wildman–Crippen MR) is 75.5 cm³/mol. The first-order chi connectivity index (χ1) is 8.94. The first-order valence-corrected chi connectivity index (χ1v) is 6.87. The summed E-state index contributed by atoms with van der Waals surface area (Å²) in [4.78, 5) is 13.3. The number of rotatable bonds is 12. The van der Waals surface area contributed by atoms with Gasteiger partial charge in [-0.2, -0.15) is 0 Å². The minimum atomic E-state index is -0.727. The van der Waals surface area contributed by atoms with Crippen LogP contribution >= 0.6 is 0 Å². The Bertz CT molecular complexity index is 244. The molecule has 19 heavy (non-hydrogen) atoms. The van der Waals surface area contributed by atoms with Crippen LogP contribution in [0.2, 0.25) is 0 Å². The summed E-state index contributed by atoms with van der Waals surface area (Å²) in [6.07, 6.45) is 2.56. The molecule has 0 aromatic rings. The van der Waals surface area contributed by atoms with Crippen molar-refractivity contribution in [1.82, 2.24) is 4.90 Å². The quantitative estimate of drug-likeness (QED) is 0.551. The van der Waals surface area contributed by atoms with Gasteiger partial charge < -0.3 is 19.5 Å². The lowest BCUT2D eigenvalue weighted by Crippen LogP contribution is -2.32. The largest absolute Gasteiger partial charge is 0.481 e. The Hall–Kier alpha value is -0.650. The molecule has 0 unspecified atom stereocenters. The maximum atomic E-state index is 11.0. The van der Waals surface area contributed by atoms with Crippen molar-refractivity contribution in [2.75, 3.05) is 47.1 Å². The van der Waals surface area contributed by atoms with Crippen LogP contribution in [0.4, 0.5) is 0 Å². The van der Waals surface area contributed by atoms with Crippen molar-refractivity contribution in [1.29, 1.82) is 0 Å². The number of hydrogen-bond donors (Lipinski definition) is 1. The van der Waals surface area contributed by atoms with E-state index >= 15 is 0 Å². The van der Waals surface area contributed by atoms with Gasteiger partial charge in [-0.3, -0.25) is 4.79 Å². The maximum Gasteiger partial charge on any atom is 0.309 e. The molecule has 0 bridgehead atoms. The Balaban J connectivity index is 3.99. The van der Waals surface area contributed by atoms with Crippen LogP contribution in [0.3, 0.4) is 0 Å². The molecule has 0 aromatic carbocycles. The highest BCUT2D eigenvalue weighted by Gasteiger charge is 2.26. The van der Waals surface area contributed by atoms with Gasteiger partial charge in [-0.25, -0.2) is 0 Å². The van der Waals surface area contributed by atoms with Crippen LogP contribution in [0.1, 0.15) is 33.1 Å². The summed E-state index contributed by atoms with van der Waals surface area (Å²) in [5, 5.41) is 9.07. The topological polar surface area (TPSA) is 59.0 Å². The molecule has 0 aliphatic rings. The molecule has 0 saturated heterocycles.